The third-order valence-corrected chi connectivity index (χ3v) is 6.06. The molecule has 0 fully saturated rings. The van der Waals surface area contributed by atoms with Crippen LogP contribution in [0.3, 0.4) is 0 Å². The zero-order valence-corrected chi connectivity index (χ0v) is 17.7. The highest BCUT2D eigenvalue weighted by Gasteiger charge is 2.25. The smallest absolute Gasteiger partial charge is 0.220 e. The molecule has 3 aromatic rings. The Balaban J connectivity index is 1.73. The number of carbonyl (C=O) groups is 3. The number of fused-ring (bicyclic) bond motifs is 1. The molecular formula is C23H25N3O3S. The fourth-order valence-corrected chi connectivity index (χ4v) is 4.07. The highest BCUT2D eigenvalue weighted by molar-refractivity contribution is 7.20. The van der Waals surface area contributed by atoms with Gasteiger partial charge in [0.15, 0.2) is 5.01 Å². The average Bonchev–Trinajstić information content (AvgIpc) is 3.19. The molecule has 7 heteroatoms. The molecule has 1 heterocycles. The van der Waals surface area contributed by atoms with E-state index in [4.69, 9.17) is 5.73 Å². The minimum atomic E-state index is -0.679. The van der Waals surface area contributed by atoms with Crippen molar-refractivity contribution in [3.63, 3.8) is 0 Å². The Hall–Kier alpha value is -3.06. The number of carbonyl (C=O) groups excluding carboxylic acids is 3. The lowest BCUT2D eigenvalue weighted by Crippen LogP contribution is -2.41. The number of aryl methyl sites for hydroxylation is 1. The molecule has 2 aromatic carbocycles. The van der Waals surface area contributed by atoms with Gasteiger partial charge in [-0.05, 0) is 37.0 Å². The summed E-state index contributed by atoms with van der Waals surface area (Å²) in [5.41, 5.74) is 7.13. The first-order valence-electron chi connectivity index (χ1n) is 9.96. The quantitative estimate of drug-likeness (QED) is 0.487. The number of Topliss-reactive ketones (excluding diaryl/α,β-unsaturated/α-hetero) is 1. The molecular weight excluding hydrogens is 398 g/mol. The zero-order chi connectivity index (χ0) is 21.5. The summed E-state index contributed by atoms with van der Waals surface area (Å²) in [5, 5.41) is 3.24. The molecule has 0 aliphatic rings. The predicted molar refractivity (Wildman–Crippen MR) is 118 cm³/mol. The number of nitrogens with one attached hydrogen (secondary N) is 1. The van der Waals surface area contributed by atoms with Crippen molar-refractivity contribution < 1.29 is 14.4 Å². The molecule has 1 unspecified atom stereocenters. The van der Waals surface area contributed by atoms with Gasteiger partial charge in [-0.3, -0.25) is 14.4 Å². The van der Waals surface area contributed by atoms with Crippen molar-refractivity contribution in [2.45, 2.75) is 38.6 Å². The number of benzene rings is 2. The minimum Gasteiger partial charge on any atom is -0.369 e. The summed E-state index contributed by atoms with van der Waals surface area (Å²) in [6.07, 6.45) is 1.61. The first-order valence-corrected chi connectivity index (χ1v) is 10.8. The van der Waals surface area contributed by atoms with Crippen LogP contribution in [0.2, 0.25) is 0 Å². The molecule has 3 rings (SSSR count). The lowest BCUT2D eigenvalue weighted by Gasteiger charge is -2.17. The van der Waals surface area contributed by atoms with Gasteiger partial charge in [0.2, 0.25) is 17.6 Å². The number of thiazole rings is 1. The van der Waals surface area contributed by atoms with Crippen molar-refractivity contribution in [2.24, 2.45) is 11.7 Å². The van der Waals surface area contributed by atoms with Gasteiger partial charge >= 0.3 is 0 Å². The first kappa shape index (κ1) is 21.6. The van der Waals surface area contributed by atoms with E-state index in [0.717, 1.165) is 15.8 Å². The Kier molecular flexibility index (Phi) is 7.30. The molecule has 2 atom stereocenters. The Morgan fingerprint density at radius 1 is 1.03 bits per heavy atom. The van der Waals surface area contributed by atoms with Gasteiger partial charge < -0.3 is 11.1 Å². The predicted octanol–water partition coefficient (Wildman–Crippen LogP) is 3.50. The largest absolute Gasteiger partial charge is 0.369 e. The van der Waals surface area contributed by atoms with Crippen molar-refractivity contribution >= 4 is 39.2 Å². The van der Waals surface area contributed by atoms with Gasteiger partial charge in [0, 0.05) is 12.3 Å². The Labute approximate surface area is 179 Å². The standard InChI is InChI=1S/C23H25N3O3S/c1-15(22(24)29)11-14-20(27)25-18(13-12-16-7-3-2-4-8-16)21(28)23-26-17-9-5-6-10-19(17)30-23/h2-10,15,18H,11-14H2,1H3,(H2,24,29)(H,25,27)/t15?,18-/m0/s1. The number of rotatable bonds is 10. The number of hydrogen-bond donors (Lipinski definition) is 2. The van der Waals surface area contributed by atoms with Crippen LogP contribution in [0.4, 0.5) is 0 Å². The van der Waals surface area contributed by atoms with Crippen molar-refractivity contribution in [1.82, 2.24) is 10.3 Å². The molecule has 1 aromatic heterocycles. The minimum absolute atomic E-state index is 0.138. The third-order valence-electron chi connectivity index (χ3n) is 5.01. The SMILES string of the molecule is CC(CCC(=O)N[C@@H](CCc1ccccc1)C(=O)c1nc2ccccc2s1)C(N)=O. The fraction of sp³-hybridized carbons (Fsp3) is 0.304. The molecule has 6 nitrogen and oxygen atoms in total. The molecule has 156 valence electrons. The van der Waals surface area contributed by atoms with E-state index >= 15 is 0 Å². The Morgan fingerprint density at radius 3 is 2.43 bits per heavy atom. The molecule has 30 heavy (non-hydrogen) atoms. The monoisotopic (exact) mass is 423 g/mol. The maximum atomic E-state index is 13.2. The van der Waals surface area contributed by atoms with Crippen LogP contribution in [0.15, 0.2) is 54.6 Å². The number of para-hydroxylation sites is 1. The normalized spacial score (nSPS) is 13.0. The number of amides is 2. The van der Waals surface area contributed by atoms with Crippen LogP contribution in [-0.4, -0.2) is 28.6 Å². The molecule has 0 aliphatic carbocycles. The van der Waals surface area contributed by atoms with Gasteiger partial charge in [0.1, 0.15) is 0 Å². The zero-order valence-electron chi connectivity index (χ0n) is 16.8. The summed E-state index contributed by atoms with van der Waals surface area (Å²) in [5.74, 6) is -1.29. The molecule has 0 bridgehead atoms. The number of nitrogens with zero attached hydrogens (tertiary/aromatic N) is 1. The number of primary amides is 1. The van der Waals surface area contributed by atoms with E-state index in [-0.39, 0.29) is 18.1 Å². The van der Waals surface area contributed by atoms with Crippen molar-refractivity contribution in [3.8, 4) is 0 Å². The number of aromatic nitrogens is 1. The third kappa shape index (κ3) is 5.73. The lowest BCUT2D eigenvalue weighted by atomic mass is 10.0. The van der Waals surface area contributed by atoms with Gasteiger partial charge in [0.25, 0.3) is 0 Å². The highest BCUT2D eigenvalue weighted by Crippen LogP contribution is 2.23. The van der Waals surface area contributed by atoms with E-state index in [1.165, 1.54) is 11.3 Å². The van der Waals surface area contributed by atoms with E-state index < -0.39 is 17.9 Å². The average molecular weight is 424 g/mol. The summed E-state index contributed by atoms with van der Waals surface area (Å²) in [6.45, 7) is 1.69. The molecule has 2 amide bonds. The van der Waals surface area contributed by atoms with Gasteiger partial charge in [0.05, 0.1) is 16.3 Å². The fourth-order valence-electron chi connectivity index (χ4n) is 3.11. The van der Waals surface area contributed by atoms with Crippen molar-refractivity contribution in [2.75, 3.05) is 0 Å². The summed E-state index contributed by atoms with van der Waals surface area (Å²) < 4.78 is 0.935. The van der Waals surface area contributed by atoms with Crippen LogP contribution in [0, 0.1) is 5.92 Å². The van der Waals surface area contributed by atoms with Crippen LogP contribution in [0.5, 0.6) is 0 Å². The molecule has 0 spiro atoms. The van der Waals surface area contributed by atoms with E-state index in [9.17, 15) is 14.4 Å². The van der Waals surface area contributed by atoms with Crippen LogP contribution in [0.25, 0.3) is 10.2 Å². The second-order valence-corrected chi connectivity index (χ2v) is 8.37. The van der Waals surface area contributed by atoms with E-state index in [0.29, 0.717) is 24.3 Å². The second kappa shape index (κ2) is 10.1. The second-order valence-electron chi connectivity index (χ2n) is 7.34. The van der Waals surface area contributed by atoms with Gasteiger partial charge in [-0.15, -0.1) is 11.3 Å². The highest BCUT2D eigenvalue weighted by atomic mass is 32.1. The van der Waals surface area contributed by atoms with E-state index in [1.54, 1.807) is 6.92 Å². The molecule has 0 saturated carbocycles. The molecule has 0 aliphatic heterocycles. The van der Waals surface area contributed by atoms with Crippen LogP contribution in [-0.2, 0) is 16.0 Å². The maximum absolute atomic E-state index is 13.2. The van der Waals surface area contributed by atoms with E-state index in [1.807, 2.05) is 54.6 Å². The molecule has 3 N–H and O–H groups in total. The summed E-state index contributed by atoms with van der Waals surface area (Å²) in [6, 6.07) is 16.7. The van der Waals surface area contributed by atoms with Crippen molar-refractivity contribution in [1.29, 1.82) is 0 Å². The molecule has 0 saturated heterocycles. The van der Waals surface area contributed by atoms with Crippen LogP contribution in [0.1, 0.15) is 41.6 Å². The first-order chi connectivity index (χ1) is 14.4. The van der Waals surface area contributed by atoms with Crippen molar-refractivity contribution in [3.05, 3.63) is 65.2 Å². The topological polar surface area (TPSA) is 102 Å². The number of ketones is 1. The van der Waals surface area contributed by atoms with Gasteiger partial charge in [-0.1, -0.05) is 49.4 Å². The lowest BCUT2D eigenvalue weighted by molar-refractivity contribution is -0.123. The van der Waals surface area contributed by atoms with Gasteiger partial charge in [-0.25, -0.2) is 4.98 Å². The number of nitrogens with two attached hydrogens (primary N) is 1. The Bertz CT molecular complexity index is 999. The summed E-state index contributed by atoms with van der Waals surface area (Å²) in [7, 11) is 0. The summed E-state index contributed by atoms with van der Waals surface area (Å²) in [4.78, 5) is 41.3. The van der Waals surface area contributed by atoms with Gasteiger partial charge in [-0.2, -0.15) is 0 Å². The van der Waals surface area contributed by atoms with Crippen LogP contribution >= 0.6 is 11.3 Å². The maximum Gasteiger partial charge on any atom is 0.220 e. The van der Waals surface area contributed by atoms with Crippen LogP contribution < -0.4 is 11.1 Å². The summed E-state index contributed by atoms with van der Waals surface area (Å²) >= 11 is 1.33. The van der Waals surface area contributed by atoms with E-state index in [2.05, 4.69) is 10.3 Å². The molecule has 0 radical (unpaired) electrons. The number of hydrogen-bond acceptors (Lipinski definition) is 5. The Morgan fingerprint density at radius 2 is 1.73 bits per heavy atom.